The van der Waals surface area contributed by atoms with Gasteiger partial charge in [0.2, 0.25) is 0 Å². The van der Waals surface area contributed by atoms with Crippen LogP contribution in [-0.4, -0.2) is 68.8 Å². The second-order valence-corrected chi connectivity index (χ2v) is 17.5. The molecule has 320 valence electrons. The quantitative estimate of drug-likeness (QED) is 0.0351. The Bertz CT molecular complexity index is 1870. The van der Waals surface area contributed by atoms with Crippen LogP contribution in [0.5, 0.6) is 34.5 Å². The minimum Gasteiger partial charge on any atom is -0.872 e. The van der Waals surface area contributed by atoms with E-state index in [9.17, 15) is 31.6 Å². The van der Waals surface area contributed by atoms with Crippen molar-refractivity contribution in [3.8, 4) is 34.5 Å². The van der Waals surface area contributed by atoms with Crippen LogP contribution in [0.1, 0.15) is 141 Å². The number of phenols is 1. The van der Waals surface area contributed by atoms with Crippen molar-refractivity contribution >= 4 is 58.0 Å². The Hall–Kier alpha value is -2.84. The summed E-state index contributed by atoms with van der Waals surface area (Å²) in [6.07, 6.45) is 24.6. The number of para-hydroxylation sites is 2. The minimum absolute atomic E-state index is 0. The van der Waals surface area contributed by atoms with E-state index >= 15 is 0 Å². The smallest absolute Gasteiger partial charge is 0.872 e. The number of phenolic OH excluding ortho intramolecular Hbond substituents is 1. The van der Waals surface area contributed by atoms with E-state index in [-0.39, 0.29) is 43.5 Å². The number of benzene rings is 4. The minimum atomic E-state index is -4.78. The molecule has 0 amide bonds. The van der Waals surface area contributed by atoms with Crippen molar-refractivity contribution in [1.82, 2.24) is 0 Å². The summed E-state index contributed by atoms with van der Waals surface area (Å²) in [6.45, 7) is 4.46. The third kappa shape index (κ3) is 20.5. The molecule has 0 radical (unpaired) electrons. The molecule has 0 spiro atoms. The van der Waals surface area contributed by atoms with Gasteiger partial charge >= 0.3 is 37.7 Å². The molecule has 0 saturated carbocycles. The summed E-state index contributed by atoms with van der Waals surface area (Å²) in [5.74, 6) is 0.474. The van der Waals surface area contributed by atoms with E-state index in [0.29, 0.717) is 17.2 Å². The predicted molar refractivity (Wildman–Crippen MR) is 232 cm³/mol. The molecule has 0 heterocycles. The van der Waals surface area contributed by atoms with E-state index in [0.717, 1.165) is 55.0 Å². The molecule has 0 saturated heterocycles. The summed E-state index contributed by atoms with van der Waals surface area (Å²) >= 11 is 0. The summed E-state index contributed by atoms with van der Waals surface area (Å²) in [5, 5.41) is 21.7. The van der Waals surface area contributed by atoms with Crippen LogP contribution in [0.2, 0.25) is 0 Å². The van der Waals surface area contributed by atoms with Crippen LogP contribution in [0, 0.1) is 0 Å². The van der Waals surface area contributed by atoms with Gasteiger partial charge in [0.25, 0.3) is 10.1 Å². The fraction of sp³-hybridized carbons (Fsp3) is 0.478. The first kappa shape index (κ1) is 52.3. The zero-order valence-corrected chi connectivity index (χ0v) is 38.8. The Kier molecular flexibility index (Phi) is 25.4. The molecule has 4 rings (SSSR count). The van der Waals surface area contributed by atoms with E-state index in [1.165, 1.54) is 121 Å². The van der Waals surface area contributed by atoms with Gasteiger partial charge < -0.3 is 24.2 Å². The fourth-order valence-electron chi connectivity index (χ4n) is 6.66. The van der Waals surface area contributed by atoms with Gasteiger partial charge in [-0.3, -0.25) is 4.55 Å². The first-order valence-corrected chi connectivity index (χ1v) is 23.8. The van der Waals surface area contributed by atoms with Gasteiger partial charge in [0.15, 0.2) is 0 Å². The molecule has 0 unspecified atom stereocenters. The zero-order chi connectivity index (χ0) is 42.2. The van der Waals surface area contributed by atoms with Crippen molar-refractivity contribution in [2.45, 2.75) is 152 Å². The van der Waals surface area contributed by atoms with Crippen LogP contribution < -0.4 is 14.6 Å². The summed E-state index contributed by atoms with van der Waals surface area (Å²) in [6, 6.07) is 22.5. The molecule has 59 heavy (non-hydrogen) atoms. The first-order chi connectivity index (χ1) is 27.8. The molecule has 0 atom stereocenters. The van der Waals surface area contributed by atoms with Crippen LogP contribution in [0.15, 0.2) is 94.7 Å². The van der Waals surface area contributed by atoms with E-state index in [1.54, 1.807) is 0 Å². The number of aromatic hydroxyl groups is 1. The molecule has 0 fully saturated rings. The molecule has 13 heteroatoms. The monoisotopic (exact) mass is 878 g/mol. The largest absolute Gasteiger partial charge is 2.00 e. The second-order valence-electron chi connectivity index (χ2n) is 14.7. The molecule has 0 aliphatic heterocycles. The molecule has 4 aromatic carbocycles. The van der Waals surface area contributed by atoms with E-state index < -0.39 is 41.5 Å². The molecule has 0 bridgehead atoms. The number of hydrogen-bond acceptors (Lipinski definition) is 9. The average molecular weight is 879 g/mol. The number of unbranched alkanes of at least 4 members (excludes halogenated alkanes) is 16. The third-order valence-electron chi connectivity index (χ3n) is 9.89. The van der Waals surface area contributed by atoms with Crippen molar-refractivity contribution in [1.29, 1.82) is 0 Å². The number of rotatable bonds is 26. The van der Waals surface area contributed by atoms with Gasteiger partial charge in [-0.05, 0) is 79.3 Å². The first-order valence-electron chi connectivity index (χ1n) is 20.9. The van der Waals surface area contributed by atoms with Gasteiger partial charge in [-0.1, -0.05) is 159 Å². The summed E-state index contributed by atoms with van der Waals surface area (Å²) in [5.41, 5.74) is 2.12. The molecule has 2 N–H and O–H groups in total. The van der Waals surface area contributed by atoms with E-state index in [2.05, 4.69) is 13.8 Å². The maximum Gasteiger partial charge on any atom is 2.00 e. The molecular formula is C46H62CaO10S2. The molecule has 0 aliphatic carbocycles. The average Bonchev–Trinajstić information content (AvgIpc) is 3.17. The molecule has 0 aromatic heterocycles. The maximum absolute atomic E-state index is 11.9. The van der Waals surface area contributed by atoms with Gasteiger partial charge in [-0.2, -0.15) is 8.42 Å². The number of ether oxygens (including phenoxy) is 2. The summed E-state index contributed by atoms with van der Waals surface area (Å²) in [7, 11) is -9.24. The van der Waals surface area contributed by atoms with Gasteiger partial charge in [-0.15, -0.1) is 0 Å². The maximum atomic E-state index is 11.9. The third-order valence-corrected chi connectivity index (χ3v) is 11.7. The van der Waals surface area contributed by atoms with Crippen molar-refractivity contribution < 1.29 is 45.6 Å². The van der Waals surface area contributed by atoms with Crippen molar-refractivity contribution in [2.75, 3.05) is 0 Å². The standard InChI is InChI=1S/2C23H32O5S.Ca/c2*1-2-3-4-5-6-7-8-9-10-13-19-14-11-12-15-22(19)28-20-16-17-23(21(24)18-20)29(25,26)27;/h2*11-12,14-18,24H,2-10,13H2,1H3,(H,25,26,27);/q;;+2/p-2. The van der Waals surface area contributed by atoms with E-state index in [1.807, 2.05) is 48.5 Å². The number of hydrogen-bond donors (Lipinski definition) is 2. The Morgan fingerprint density at radius 3 is 1.27 bits per heavy atom. The summed E-state index contributed by atoms with van der Waals surface area (Å²) < 4.78 is 76.2. The number of aryl methyl sites for hydroxylation is 2. The van der Waals surface area contributed by atoms with Crippen LogP contribution in [-0.2, 0) is 33.1 Å². The van der Waals surface area contributed by atoms with Gasteiger partial charge in [0, 0.05) is 11.0 Å². The Balaban J connectivity index is 0.000000400. The Labute approximate surface area is 383 Å². The SMILES string of the molecule is CCCCCCCCCCCc1ccccc1Oc1ccc(S(=O)(=O)O)c(O)c1.CCCCCCCCCCCc1ccccc1Oc1ccc(S(=O)(=O)[O-])c([O-])c1.[Ca+2]. The normalized spacial score (nSPS) is 11.3. The van der Waals surface area contributed by atoms with Gasteiger partial charge in [0.05, 0.1) is 0 Å². The molecular weight excluding hydrogens is 817 g/mol. The van der Waals surface area contributed by atoms with Crippen molar-refractivity contribution in [3.63, 3.8) is 0 Å². The van der Waals surface area contributed by atoms with Crippen LogP contribution in [0.3, 0.4) is 0 Å². The van der Waals surface area contributed by atoms with Gasteiger partial charge in [0.1, 0.15) is 43.8 Å². The zero-order valence-electron chi connectivity index (χ0n) is 34.9. The predicted octanol–water partition coefficient (Wildman–Crippen LogP) is 11.7. The molecule has 10 nitrogen and oxygen atoms in total. The van der Waals surface area contributed by atoms with Crippen molar-refractivity contribution in [3.05, 3.63) is 96.1 Å². The van der Waals surface area contributed by atoms with Crippen LogP contribution in [0.25, 0.3) is 0 Å². The van der Waals surface area contributed by atoms with E-state index in [4.69, 9.17) is 14.0 Å². The second kappa shape index (κ2) is 28.6. The summed E-state index contributed by atoms with van der Waals surface area (Å²) in [4.78, 5) is -1.29. The Morgan fingerprint density at radius 2 is 0.898 bits per heavy atom. The van der Waals surface area contributed by atoms with Crippen LogP contribution in [0.4, 0.5) is 0 Å². The van der Waals surface area contributed by atoms with Crippen molar-refractivity contribution in [2.24, 2.45) is 0 Å². The fourth-order valence-corrected chi connectivity index (χ4v) is 7.77. The molecule has 4 aromatic rings. The topological polar surface area (TPSA) is 173 Å². The van der Waals surface area contributed by atoms with Crippen LogP contribution >= 0.6 is 0 Å². The molecule has 0 aliphatic rings. The van der Waals surface area contributed by atoms with Gasteiger partial charge in [-0.25, -0.2) is 8.42 Å². The Morgan fingerprint density at radius 1 is 0.525 bits per heavy atom.